The zero-order chi connectivity index (χ0) is 19.1. The van der Waals surface area contributed by atoms with Crippen molar-refractivity contribution in [3.8, 4) is 0 Å². The van der Waals surface area contributed by atoms with Gasteiger partial charge >= 0.3 is 17.9 Å². The molecule has 1 saturated heterocycles. The lowest BCUT2D eigenvalue weighted by Gasteiger charge is -2.41. The minimum Gasteiger partial charge on any atom is -0.500 e. The van der Waals surface area contributed by atoms with Crippen LogP contribution >= 0.6 is 0 Å². The molecule has 6 unspecified atom stereocenters. The number of carbonyl (C=O) groups is 3. The summed E-state index contributed by atoms with van der Waals surface area (Å²) in [6.45, 7) is 0.113. The maximum absolute atomic E-state index is 12.0. The van der Waals surface area contributed by atoms with E-state index in [-0.39, 0.29) is 18.4 Å². The molecule has 0 aromatic rings. The fourth-order valence-electron chi connectivity index (χ4n) is 4.16. The van der Waals surface area contributed by atoms with Gasteiger partial charge in [-0.1, -0.05) is 24.3 Å². The molecule has 3 aliphatic rings. The van der Waals surface area contributed by atoms with E-state index in [1.54, 1.807) is 18.2 Å². The molecule has 0 saturated carbocycles. The number of carboxylic acids is 3. The van der Waals surface area contributed by atoms with Crippen LogP contribution < -0.4 is 0 Å². The molecule has 1 aliphatic carbocycles. The Morgan fingerprint density at radius 3 is 2.42 bits per heavy atom. The second-order valence-electron chi connectivity index (χ2n) is 6.63. The summed E-state index contributed by atoms with van der Waals surface area (Å²) in [5.41, 5.74) is -2.99. The summed E-state index contributed by atoms with van der Waals surface area (Å²) >= 11 is 0. The first-order valence-electron chi connectivity index (χ1n) is 8.08. The minimum atomic E-state index is -2.99. The summed E-state index contributed by atoms with van der Waals surface area (Å²) in [6, 6.07) is -2.96. The highest BCUT2D eigenvalue weighted by atomic mass is 16.5. The van der Waals surface area contributed by atoms with Gasteiger partial charge < -0.3 is 25.2 Å². The molecule has 2 aliphatic heterocycles. The van der Waals surface area contributed by atoms with Crippen LogP contribution in [0.5, 0.6) is 0 Å². The summed E-state index contributed by atoms with van der Waals surface area (Å²) in [4.78, 5) is 36.2. The maximum Gasteiger partial charge on any atom is 0.338 e. The number of aliphatic hydroxyl groups is 1. The fourth-order valence-corrected chi connectivity index (χ4v) is 4.16. The molecule has 2 heterocycles. The number of likely N-dealkylation sites (tertiary alicyclic amines) is 1. The molecule has 0 aromatic carbocycles. The van der Waals surface area contributed by atoms with Gasteiger partial charge in [0.1, 0.15) is 12.6 Å². The van der Waals surface area contributed by atoms with Gasteiger partial charge in [-0.15, -0.1) is 0 Å². The van der Waals surface area contributed by atoms with Crippen LogP contribution in [0.3, 0.4) is 0 Å². The van der Waals surface area contributed by atoms with Gasteiger partial charge in [0, 0.05) is 17.9 Å². The van der Waals surface area contributed by atoms with Crippen LogP contribution in [0.25, 0.3) is 0 Å². The molecular weight excluding hydrogens is 346 g/mol. The van der Waals surface area contributed by atoms with Crippen molar-refractivity contribution in [3.63, 3.8) is 0 Å². The topological polar surface area (TPSA) is 145 Å². The molecule has 0 amide bonds. The van der Waals surface area contributed by atoms with Crippen molar-refractivity contribution in [2.75, 3.05) is 6.61 Å². The number of hydrogen-bond acceptors (Lipinski definition) is 6. The number of allylic oxidation sites excluding steroid dienone is 2. The molecule has 0 bridgehead atoms. The fraction of sp³-hybridized carbons (Fsp3) is 0.471. The Morgan fingerprint density at radius 2 is 1.81 bits per heavy atom. The number of aliphatic carboxylic acids is 3. The van der Waals surface area contributed by atoms with Crippen molar-refractivity contribution in [3.05, 3.63) is 36.6 Å². The average molecular weight is 365 g/mol. The molecule has 26 heavy (non-hydrogen) atoms. The molecule has 0 radical (unpaired) electrons. The van der Waals surface area contributed by atoms with E-state index in [0.717, 1.165) is 0 Å². The quantitative estimate of drug-likeness (QED) is 0.498. The van der Waals surface area contributed by atoms with Crippen molar-refractivity contribution in [2.24, 2.45) is 11.8 Å². The highest BCUT2D eigenvalue weighted by Crippen LogP contribution is 2.44. The predicted octanol–water partition coefficient (Wildman–Crippen LogP) is -0.315. The highest BCUT2D eigenvalue weighted by Gasteiger charge is 2.60. The van der Waals surface area contributed by atoms with E-state index in [1.807, 2.05) is 12.2 Å². The Labute approximate surface area is 148 Å². The first-order valence-corrected chi connectivity index (χ1v) is 8.08. The summed E-state index contributed by atoms with van der Waals surface area (Å²) in [5, 5.41) is 38.9. The van der Waals surface area contributed by atoms with Gasteiger partial charge in [-0.25, -0.2) is 4.79 Å². The lowest BCUT2D eigenvalue weighted by atomic mass is 9.84. The second kappa shape index (κ2) is 6.58. The number of nitrogens with zero attached hydrogens (tertiary/aromatic N) is 1. The summed E-state index contributed by atoms with van der Waals surface area (Å²) in [6.07, 6.45) is 9.23. The third-order valence-electron chi connectivity index (χ3n) is 5.20. The first kappa shape index (κ1) is 18.2. The van der Waals surface area contributed by atoms with Crippen LogP contribution in [0.4, 0.5) is 0 Å². The standard InChI is InChI=1S/C17H19NO8/c19-13(20)7-17(25,16(23)24)14(15(21)22)18-11-4-2-1-3-9(11)10-5-6-26-8-12(10)18/h1-6,9-12,14,25H,7-8H2,(H,19,20)(H,21,22)(H,23,24). The molecule has 9 heteroatoms. The van der Waals surface area contributed by atoms with Gasteiger partial charge in [0.25, 0.3) is 0 Å². The number of carboxylic acid groups (broad SMARTS) is 3. The number of ether oxygens (including phenoxy) is 1. The van der Waals surface area contributed by atoms with Gasteiger partial charge in [-0.05, 0) is 6.08 Å². The SMILES string of the molecule is O=C(O)CC(O)(C(=O)O)C(C(=O)O)N1C2C=CC=CC2C2C=COCC21. The molecule has 4 N–H and O–H groups in total. The molecule has 1 fully saturated rings. The van der Waals surface area contributed by atoms with E-state index in [9.17, 15) is 29.7 Å². The number of fused-ring (bicyclic) bond motifs is 3. The van der Waals surface area contributed by atoms with Crippen molar-refractivity contribution >= 4 is 17.9 Å². The smallest absolute Gasteiger partial charge is 0.338 e. The summed E-state index contributed by atoms with van der Waals surface area (Å²) < 4.78 is 5.30. The highest BCUT2D eigenvalue weighted by molar-refractivity contribution is 5.91. The number of rotatable bonds is 6. The molecule has 0 aromatic heterocycles. The zero-order valence-electron chi connectivity index (χ0n) is 13.6. The van der Waals surface area contributed by atoms with E-state index in [1.165, 1.54) is 11.2 Å². The summed E-state index contributed by atoms with van der Waals surface area (Å²) in [7, 11) is 0. The van der Waals surface area contributed by atoms with E-state index in [4.69, 9.17) is 9.84 Å². The van der Waals surface area contributed by atoms with Gasteiger partial charge in [0.15, 0.2) is 5.60 Å². The van der Waals surface area contributed by atoms with Crippen LogP contribution in [0.2, 0.25) is 0 Å². The van der Waals surface area contributed by atoms with Crippen molar-refractivity contribution < 1.29 is 39.5 Å². The van der Waals surface area contributed by atoms with Crippen LogP contribution in [-0.4, -0.2) is 73.6 Å². The van der Waals surface area contributed by atoms with E-state index in [2.05, 4.69) is 0 Å². The molecular formula is C17H19NO8. The van der Waals surface area contributed by atoms with Crippen LogP contribution in [0, 0.1) is 11.8 Å². The first-order chi connectivity index (χ1) is 12.3. The lowest BCUT2D eigenvalue weighted by Crippen LogP contribution is -2.65. The Hall–Kier alpha value is -2.65. The maximum atomic E-state index is 12.0. The number of hydrogen-bond donors (Lipinski definition) is 4. The van der Waals surface area contributed by atoms with Crippen molar-refractivity contribution in [1.29, 1.82) is 0 Å². The molecule has 9 nitrogen and oxygen atoms in total. The van der Waals surface area contributed by atoms with Crippen LogP contribution in [-0.2, 0) is 19.1 Å². The van der Waals surface area contributed by atoms with Gasteiger partial charge in [-0.3, -0.25) is 14.5 Å². The predicted molar refractivity (Wildman–Crippen MR) is 86.0 cm³/mol. The van der Waals surface area contributed by atoms with Crippen molar-refractivity contribution in [1.82, 2.24) is 4.90 Å². The van der Waals surface area contributed by atoms with Gasteiger partial charge in [0.2, 0.25) is 0 Å². The van der Waals surface area contributed by atoms with Gasteiger partial charge in [-0.2, -0.15) is 0 Å². The third-order valence-corrected chi connectivity index (χ3v) is 5.20. The van der Waals surface area contributed by atoms with Crippen LogP contribution in [0.15, 0.2) is 36.6 Å². The Bertz CT molecular complexity index is 714. The Kier molecular flexibility index (Phi) is 4.59. The molecule has 3 rings (SSSR count). The lowest BCUT2D eigenvalue weighted by molar-refractivity contribution is -0.184. The zero-order valence-corrected chi connectivity index (χ0v) is 13.6. The van der Waals surface area contributed by atoms with E-state index < -0.39 is 48.1 Å². The minimum absolute atomic E-state index is 0.113. The van der Waals surface area contributed by atoms with Crippen molar-refractivity contribution in [2.45, 2.75) is 30.1 Å². The monoisotopic (exact) mass is 365 g/mol. The molecule has 140 valence electrons. The average Bonchev–Trinajstić information content (AvgIpc) is 2.89. The second-order valence-corrected chi connectivity index (χ2v) is 6.63. The van der Waals surface area contributed by atoms with E-state index in [0.29, 0.717) is 0 Å². The third kappa shape index (κ3) is 2.78. The Balaban J connectivity index is 2.09. The Morgan fingerprint density at radius 1 is 1.12 bits per heavy atom. The molecule has 6 atom stereocenters. The summed E-state index contributed by atoms with van der Waals surface area (Å²) in [5.74, 6) is -5.37. The van der Waals surface area contributed by atoms with Gasteiger partial charge in [0.05, 0.1) is 18.7 Å². The molecule has 0 spiro atoms. The van der Waals surface area contributed by atoms with Crippen LogP contribution in [0.1, 0.15) is 6.42 Å². The normalized spacial score (nSPS) is 32.8. The van der Waals surface area contributed by atoms with E-state index >= 15 is 0 Å². The largest absolute Gasteiger partial charge is 0.500 e.